The van der Waals surface area contributed by atoms with Crippen molar-refractivity contribution in [1.29, 1.82) is 0 Å². The Balaban J connectivity index is 1.83. The van der Waals surface area contributed by atoms with Crippen LogP contribution < -0.4 is 4.72 Å². The molecule has 1 unspecified atom stereocenters. The van der Waals surface area contributed by atoms with Gasteiger partial charge in [0.1, 0.15) is 11.9 Å². The molecule has 0 aliphatic rings. The molecule has 1 N–H and O–H groups in total. The minimum absolute atomic E-state index is 0.0835. The molecule has 7 nitrogen and oxygen atoms in total. The van der Waals surface area contributed by atoms with E-state index in [1.165, 1.54) is 12.1 Å². The van der Waals surface area contributed by atoms with Crippen LogP contribution in [0, 0.1) is 4.91 Å². The number of halogens is 1. The lowest BCUT2D eigenvalue weighted by Gasteiger charge is -2.19. The summed E-state index contributed by atoms with van der Waals surface area (Å²) in [5, 5.41) is 3.46. The average Bonchev–Trinajstić information content (AvgIpc) is 2.74. The van der Waals surface area contributed by atoms with Crippen molar-refractivity contribution in [3.63, 3.8) is 0 Å². The van der Waals surface area contributed by atoms with E-state index >= 15 is 0 Å². The van der Waals surface area contributed by atoms with Crippen LogP contribution in [0.3, 0.4) is 0 Å². The zero-order valence-corrected chi connectivity index (χ0v) is 19.0. The Labute approximate surface area is 186 Å². The van der Waals surface area contributed by atoms with Crippen LogP contribution in [0.15, 0.2) is 71.0 Å². The first-order valence-electron chi connectivity index (χ1n) is 9.61. The van der Waals surface area contributed by atoms with E-state index in [9.17, 15) is 13.3 Å². The highest BCUT2D eigenvalue weighted by Crippen LogP contribution is 2.27. The number of nitrogens with one attached hydrogen (secondary N) is 1. The van der Waals surface area contributed by atoms with Gasteiger partial charge < -0.3 is 0 Å². The minimum atomic E-state index is -3.84. The van der Waals surface area contributed by atoms with Gasteiger partial charge in [-0.2, -0.15) is 4.91 Å². The van der Waals surface area contributed by atoms with Gasteiger partial charge >= 0.3 is 0 Å². The number of anilines is 1. The van der Waals surface area contributed by atoms with Crippen LogP contribution >= 0.6 is 11.6 Å². The van der Waals surface area contributed by atoms with Gasteiger partial charge in [0, 0.05) is 18.8 Å². The Bertz CT molecular complexity index is 1160. The summed E-state index contributed by atoms with van der Waals surface area (Å²) in [6, 6.07) is 12.4. The summed E-state index contributed by atoms with van der Waals surface area (Å²) < 4.78 is 28.1. The second-order valence-corrected chi connectivity index (χ2v) is 10.2. The van der Waals surface area contributed by atoms with E-state index in [1.807, 2.05) is 0 Å². The Morgan fingerprint density at radius 2 is 1.81 bits per heavy atom. The van der Waals surface area contributed by atoms with Gasteiger partial charge in [-0.3, -0.25) is 9.71 Å². The van der Waals surface area contributed by atoms with Crippen molar-refractivity contribution in [2.45, 2.75) is 43.5 Å². The fraction of sp³-hybridized carbons (Fsp3) is 0.273. The lowest BCUT2D eigenvalue weighted by molar-refractivity contribution is 0.587. The summed E-state index contributed by atoms with van der Waals surface area (Å²) in [6.45, 7) is 6.17. The molecule has 1 aromatic carbocycles. The molecule has 3 rings (SSSR count). The SMILES string of the molecule is CC(C)(C)c1ccc(S(=O)(=O)Nc2ccc(Cl)c(CC(N=O)c3cccnc3)n2)cc1. The molecule has 2 aromatic heterocycles. The van der Waals surface area contributed by atoms with Crippen LogP contribution in [0.5, 0.6) is 0 Å². The predicted octanol–water partition coefficient (Wildman–Crippen LogP) is 5.28. The quantitative estimate of drug-likeness (QED) is 0.485. The molecule has 31 heavy (non-hydrogen) atoms. The molecule has 0 aliphatic carbocycles. The Hall–Kier alpha value is -2.84. The average molecular weight is 459 g/mol. The van der Waals surface area contributed by atoms with Crippen molar-refractivity contribution >= 4 is 27.4 Å². The highest BCUT2D eigenvalue weighted by Gasteiger charge is 2.20. The molecule has 2 heterocycles. The molecule has 162 valence electrons. The summed E-state index contributed by atoms with van der Waals surface area (Å²) in [4.78, 5) is 19.8. The van der Waals surface area contributed by atoms with E-state index in [2.05, 4.69) is 40.6 Å². The highest BCUT2D eigenvalue weighted by atomic mass is 35.5. The van der Waals surface area contributed by atoms with E-state index in [0.29, 0.717) is 16.3 Å². The number of benzene rings is 1. The largest absolute Gasteiger partial charge is 0.264 e. The number of hydrogen-bond acceptors (Lipinski definition) is 6. The number of hydrogen-bond donors (Lipinski definition) is 1. The molecule has 9 heteroatoms. The van der Waals surface area contributed by atoms with Gasteiger partial charge in [0.05, 0.1) is 15.6 Å². The summed E-state index contributed by atoms with van der Waals surface area (Å²) in [5.74, 6) is 0.107. The number of aromatic nitrogens is 2. The maximum atomic E-state index is 12.8. The lowest BCUT2D eigenvalue weighted by atomic mass is 9.87. The van der Waals surface area contributed by atoms with Gasteiger partial charge in [-0.25, -0.2) is 13.4 Å². The second kappa shape index (κ2) is 9.11. The lowest BCUT2D eigenvalue weighted by Crippen LogP contribution is -2.16. The summed E-state index contributed by atoms with van der Waals surface area (Å²) >= 11 is 6.23. The smallest absolute Gasteiger partial charge is 0.263 e. The summed E-state index contributed by atoms with van der Waals surface area (Å²) in [7, 11) is -3.84. The van der Waals surface area contributed by atoms with Crippen LogP contribution in [0.4, 0.5) is 5.82 Å². The van der Waals surface area contributed by atoms with E-state index in [-0.39, 0.29) is 22.5 Å². The molecule has 1 atom stereocenters. The normalized spacial score (nSPS) is 12.9. The monoisotopic (exact) mass is 458 g/mol. The van der Waals surface area contributed by atoms with Crippen LogP contribution in [-0.2, 0) is 21.9 Å². The van der Waals surface area contributed by atoms with Gasteiger partial charge in [0.25, 0.3) is 10.0 Å². The number of nitrogens with zero attached hydrogens (tertiary/aromatic N) is 3. The van der Waals surface area contributed by atoms with Crippen molar-refractivity contribution in [3.8, 4) is 0 Å². The third kappa shape index (κ3) is 5.65. The maximum Gasteiger partial charge on any atom is 0.263 e. The predicted molar refractivity (Wildman–Crippen MR) is 122 cm³/mol. The van der Waals surface area contributed by atoms with Crippen molar-refractivity contribution in [1.82, 2.24) is 9.97 Å². The molecule has 0 saturated heterocycles. The van der Waals surface area contributed by atoms with Crippen molar-refractivity contribution in [3.05, 3.63) is 87.7 Å². The van der Waals surface area contributed by atoms with E-state index in [1.54, 1.807) is 48.8 Å². The number of rotatable bonds is 7. The Kier molecular flexibility index (Phi) is 6.71. The van der Waals surface area contributed by atoms with E-state index in [4.69, 9.17) is 11.6 Å². The molecule has 0 aliphatic heterocycles. The fourth-order valence-corrected chi connectivity index (χ4v) is 4.17. The number of sulfonamides is 1. The molecule has 3 aromatic rings. The minimum Gasteiger partial charge on any atom is -0.264 e. The van der Waals surface area contributed by atoms with Crippen LogP contribution in [-0.4, -0.2) is 18.4 Å². The topological polar surface area (TPSA) is 101 Å². The zero-order chi connectivity index (χ0) is 22.6. The van der Waals surface area contributed by atoms with E-state index in [0.717, 1.165) is 5.56 Å². The molecule has 0 bridgehead atoms. The van der Waals surface area contributed by atoms with Crippen LogP contribution in [0.25, 0.3) is 0 Å². The molecule has 0 radical (unpaired) electrons. The van der Waals surface area contributed by atoms with Crippen LogP contribution in [0.1, 0.15) is 43.6 Å². The zero-order valence-electron chi connectivity index (χ0n) is 17.4. The molecular weight excluding hydrogens is 436 g/mol. The van der Waals surface area contributed by atoms with Gasteiger partial charge in [-0.05, 0) is 46.9 Å². The molecule has 0 fully saturated rings. The Morgan fingerprint density at radius 1 is 1.10 bits per heavy atom. The van der Waals surface area contributed by atoms with Gasteiger partial charge in [-0.1, -0.05) is 55.7 Å². The molecule has 0 amide bonds. The second-order valence-electron chi connectivity index (χ2n) is 8.12. The number of nitroso groups, excluding NO2 is 1. The molecule has 0 saturated carbocycles. The van der Waals surface area contributed by atoms with Crippen molar-refractivity contribution in [2.75, 3.05) is 4.72 Å². The van der Waals surface area contributed by atoms with E-state index < -0.39 is 16.1 Å². The first kappa shape index (κ1) is 22.8. The standard InChI is InChI=1S/C22H23ClN4O3S/c1-22(2,3)16-6-8-17(9-7-16)31(29,30)27-21-11-10-18(23)20(25-21)13-19(26-28)15-5-4-12-24-14-15/h4-12,14,19H,13H2,1-3H3,(H,25,27). The first-order valence-corrected chi connectivity index (χ1v) is 11.5. The third-order valence-electron chi connectivity index (χ3n) is 4.77. The summed E-state index contributed by atoms with van der Waals surface area (Å²) in [6.07, 6.45) is 3.26. The maximum absolute atomic E-state index is 12.8. The Morgan fingerprint density at radius 3 is 2.39 bits per heavy atom. The third-order valence-corrected chi connectivity index (χ3v) is 6.49. The van der Waals surface area contributed by atoms with Gasteiger partial charge in [-0.15, -0.1) is 0 Å². The fourth-order valence-electron chi connectivity index (χ4n) is 2.99. The van der Waals surface area contributed by atoms with Gasteiger partial charge in [0.2, 0.25) is 0 Å². The number of pyridine rings is 2. The van der Waals surface area contributed by atoms with Crippen molar-refractivity contribution < 1.29 is 8.42 Å². The van der Waals surface area contributed by atoms with Crippen molar-refractivity contribution in [2.24, 2.45) is 5.18 Å². The van der Waals surface area contributed by atoms with Gasteiger partial charge in [0.15, 0.2) is 0 Å². The molecular formula is C22H23ClN4O3S. The summed E-state index contributed by atoms with van der Waals surface area (Å²) in [5.41, 5.74) is 1.93. The highest BCUT2D eigenvalue weighted by molar-refractivity contribution is 7.92. The first-order chi connectivity index (χ1) is 14.6. The van der Waals surface area contributed by atoms with Crippen LogP contribution in [0.2, 0.25) is 5.02 Å². The molecule has 0 spiro atoms.